The van der Waals surface area contributed by atoms with Crippen molar-refractivity contribution in [2.24, 2.45) is 0 Å². The van der Waals surface area contributed by atoms with Crippen LogP contribution in [0.1, 0.15) is 20.3 Å². The van der Waals surface area contributed by atoms with Crippen molar-refractivity contribution in [2.75, 3.05) is 6.61 Å². The fourth-order valence-electron chi connectivity index (χ4n) is 2.22. The third kappa shape index (κ3) is 3.96. The highest BCUT2D eigenvalue weighted by atomic mass is 16.6. The summed E-state index contributed by atoms with van der Waals surface area (Å²) in [5, 5.41) is 50.7. The predicted molar refractivity (Wildman–Crippen MR) is 67.8 cm³/mol. The highest BCUT2D eigenvalue weighted by Crippen LogP contribution is 2.30. The Balaban J connectivity index is 3.07. The van der Waals surface area contributed by atoms with Crippen LogP contribution in [-0.2, 0) is 14.3 Å². The van der Waals surface area contributed by atoms with Gasteiger partial charge in [-0.3, -0.25) is 9.59 Å². The third-order valence-electron chi connectivity index (χ3n) is 3.42. The molecule has 0 aromatic carbocycles. The van der Waals surface area contributed by atoms with E-state index in [1.54, 1.807) is 0 Å². The van der Waals surface area contributed by atoms with Gasteiger partial charge in [-0.15, -0.1) is 0 Å². The molecule has 1 amide bonds. The molecule has 0 bridgehead atoms. The van der Waals surface area contributed by atoms with Crippen molar-refractivity contribution in [1.82, 2.24) is 5.32 Å². The molecule has 1 fully saturated rings. The van der Waals surface area contributed by atoms with E-state index in [-0.39, 0.29) is 0 Å². The number of ketones is 1. The first-order valence-electron chi connectivity index (χ1n) is 6.45. The number of Topliss-reactive ketones (excluding diaryl/α,β-unsaturated/α-hetero) is 1. The maximum absolute atomic E-state index is 11.4. The lowest BCUT2D eigenvalue weighted by molar-refractivity contribution is -0.285. The molecule has 1 heterocycles. The van der Waals surface area contributed by atoms with Gasteiger partial charge >= 0.3 is 0 Å². The molecule has 0 radical (unpaired) electrons. The molecule has 1 aliphatic heterocycles. The molecule has 0 aromatic heterocycles. The van der Waals surface area contributed by atoms with Crippen LogP contribution in [0.2, 0.25) is 0 Å². The fourth-order valence-corrected chi connectivity index (χ4v) is 2.22. The zero-order valence-corrected chi connectivity index (χ0v) is 11.8. The average molecular weight is 307 g/mol. The summed E-state index contributed by atoms with van der Waals surface area (Å²) in [4.78, 5) is 22.6. The maximum Gasteiger partial charge on any atom is 0.229 e. The topological polar surface area (TPSA) is 157 Å². The van der Waals surface area contributed by atoms with E-state index in [9.17, 15) is 30.0 Å². The second kappa shape index (κ2) is 6.77. The van der Waals surface area contributed by atoms with Crippen LogP contribution >= 0.6 is 0 Å². The molecule has 1 rings (SSSR count). The highest BCUT2D eigenvalue weighted by Gasteiger charge is 2.52. The van der Waals surface area contributed by atoms with Crippen molar-refractivity contribution in [1.29, 1.82) is 0 Å². The lowest BCUT2D eigenvalue weighted by Gasteiger charge is -2.45. The summed E-state index contributed by atoms with van der Waals surface area (Å²) in [6, 6.07) is -1.15. The molecule has 6 atom stereocenters. The molecule has 6 N–H and O–H groups in total. The van der Waals surface area contributed by atoms with Crippen LogP contribution in [0.3, 0.4) is 0 Å². The number of ether oxygens (including phenoxy) is 1. The molecule has 0 saturated carbocycles. The molecule has 0 aromatic rings. The second-order valence-electron chi connectivity index (χ2n) is 5.16. The summed E-state index contributed by atoms with van der Waals surface area (Å²) in [6.07, 6.45) is -6.72. The Morgan fingerprint density at radius 1 is 1.38 bits per heavy atom. The summed E-state index contributed by atoms with van der Waals surface area (Å²) < 4.78 is 5.11. The van der Waals surface area contributed by atoms with Gasteiger partial charge in [0.05, 0.1) is 18.8 Å². The van der Waals surface area contributed by atoms with Gasteiger partial charge in [-0.2, -0.15) is 0 Å². The van der Waals surface area contributed by atoms with Crippen molar-refractivity contribution in [2.45, 2.75) is 56.5 Å². The van der Waals surface area contributed by atoms with Crippen molar-refractivity contribution < 1.29 is 39.9 Å². The van der Waals surface area contributed by atoms with E-state index >= 15 is 0 Å². The lowest BCUT2D eigenvalue weighted by atomic mass is 9.87. The molecular weight excluding hydrogens is 286 g/mol. The van der Waals surface area contributed by atoms with Gasteiger partial charge < -0.3 is 35.6 Å². The summed E-state index contributed by atoms with van der Waals surface area (Å²) in [7, 11) is 0. The Morgan fingerprint density at radius 3 is 2.38 bits per heavy atom. The van der Waals surface area contributed by atoms with E-state index in [4.69, 9.17) is 9.84 Å². The van der Waals surface area contributed by atoms with E-state index < -0.39 is 61.0 Å². The summed E-state index contributed by atoms with van der Waals surface area (Å²) >= 11 is 0. The normalized spacial score (nSPS) is 35.9. The molecule has 122 valence electrons. The van der Waals surface area contributed by atoms with Crippen LogP contribution in [0.15, 0.2) is 0 Å². The highest BCUT2D eigenvalue weighted by molar-refractivity contribution is 5.83. The molecule has 0 spiro atoms. The van der Waals surface area contributed by atoms with Crippen molar-refractivity contribution in [3.05, 3.63) is 0 Å². The zero-order chi connectivity index (χ0) is 16.4. The smallest absolute Gasteiger partial charge is 0.229 e. The van der Waals surface area contributed by atoms with Crippen molar-refractivity contribution in [3.63, 3.8) is 0 Å². The summed E-state index contributed by atoms with van der Waals surface area (Å²) in [6.45, 7) is 1.41. The number of rotatable bonds is 5. The molecule has 0 aliphatic carbocycles. The number of amides is 1. The third-order valence-corrected chi connectivity index (χ3v) is 3.42. The van der Waals surface area contributed by atoms with Gasteiger partial charge in [-0.05, 0) is 0 Å². The van der Waals surface area contributed by atoms with Crippen molar-refractivity contribution >= 4 is 11.7 Å². The summed E-state index contributed by atoms with van der Waals surface area (Å²) in [5.41, 5.74) is 0. The maximum atomic E-state index is 11.4. The number of carbonyl (C=O) groups excluding carboxylic acids is 2. The molecule has 2 unspecified atom stereocenters. The Bertz CT molecular complexity index is 403. The SMILES string of the molecule is CC(=O)N[C@@H]1[C@@H](O)C[C@@](O)(C(C)=O)O[C@H]1C(O)C(O)CO. The first-order chi connectivity index (χ1) is 9.62. The van der Waals surface area contributed by atoms with Crippen LogP contribution in [0, 0.1) is 0 Å². The second-order valence-corrected chi connectivity index (χ2v) is 5.16. The Hall–Kier alpha value is -1.10. The van der Waals surface area contributed by atoms with Crippen LogP contribution in [0.4, 0.5) is 0 Å². The molecule has 21 heavy (non-hydrogen) atoms. The molecule has 9 heteroatoms. The standard InChI is InChI=1S/C12H21NO8/c1-5(15)12(20)3-7(17)9(13-6(2)16)11(21-12)10(19)8(18)4-14/h7-11,14,17-20H,3-4H2,1-2H3,(H,13,16)/t7-,8?,9+,10?,11+,12-/m0/s1. The van der Waals surface area contributed by atoms with Gasteiger partial charge in [0.15, 0.2) is 5.78 Å². The van der Waals surface area contributed by atoms with Gasteiger partial charge in [0, 0.05) is 20.3 Å². The van der Waals surface area contributed by atoms with Crippen LogP contribution < -0.4 is 5.32 Å². The largest absolute Gasteiger partial charge is 0.394 e. The first kappa shape index (κ1) is 18.0. The monoisotopic (exact) mass is 307 g/mol. The van der Waals surface area contributed by atoms with Crippen LogP contribution in [-0.4, -0.2) is 80.1 Å². The van der Waals surface area contributed by atoms with Crippen LogP contribution in [0.5, 0.6) is 0 Å². The number of hydrogen-bond donors (Lipinski definition) is 6. The summed E-state index contributed by atoms with van der Waals surface area (Å²) in [5.74, 6) is -3.67. The Kier molecular flexibility index (Phi) is 5.79. The van der Waals surface area contributed by atoms with E-state index in [0.29, 0.717) is 0 Å². The Labute approximate surface area is 121 Å². The average Bonchev–Trinajstić information content (AvgIpc) is 2.39. The minimum absolute atomic E-state index is 0.494. The van der Waals surface area contributed by atoms with Crippen molar-refractivity contribution in [3.8, 4) is 0 Å². The minimum Gasteiger partial charge on any atom is -0.394 e. The number of carbonyl (C=O) groups is 2. The number of hydrogen-bond acceptors (Lipinski definition) is 8. The number of aliphatic hydroxyl groups excluding tert-OH is 4. The van der Waals surface area contributed by atoms with Crippen LogP contribution in [0.25, 0.3) is 0 Å². The van der Waals surface area contributed by atoms with Gasteiger partial charge in [-0.1, -0.05) is 0 Å². The Morgan fingerprint density at radius 2 is 1.95 bits per heavy atom. The van der Waals surface area contributed by atoms with E-state index in [0.717, 1.165) is 6.92 Å². The minimum atomic E-state index is -2.34. The van der Waals surface area contributed by atoms with E-state index in [1.807, 2.05) is 0 Å². The number of nitrogens with one attached hydrogen (secondary N) is 1. The quantitative estimate of drug-likeness (QED) is 0.307. The predicted octanol–water partition coefficient (Wildman–Crippen LogP) is -3.37. The number of aliphatic hydroxyl groups is 5. The van der Waals surface area contributed by atoms with E-state index in [1.165, 1.54) is 6.92 Å². The molecule has 9 nitrogen and oxygen atoms in total. The van der Waals surface area contributed by atoms with Gasteiger partial charge in [-0.25, -0.2) is 0 Å². The molecule has 1 aliphatic rings. The molecular formula is C12H21NO8. The van der Waals surface area contributed by atoms with Gasteiger partial charge in [0.25, 0.3) is 0 Å². The fraction of sp³-hybridized carbons (Fsp3) is 0.833. The zero-order valence-electron chi connectivity index (χ0n) is 11.8. The van der Waals surface area contributed by atoms with Gasteiger partial charge in [0.1, 0.15) is 18.3 Å². The van der Waals surface area contributed by atoms with E-state index in [2.05, 4.69) is 5.32 Å². The lowest BCUT2D eigenvalue weighted by Crippen LogP contribution is -2.67. The first-order valence-corrected chi connectivity index (χ1v) is 6.45. The van der Waals surface area contributed by atoms with Gasteiger partial charge in [0.2, 0.25) is 11.7 Å². The molecule has 1 saturated heterocycles.